The van der Waals surface area contributed by atoms with Crippen LogP contribution in [0.4, 0.5) is 11.1 Å². The molecule has 0 aliphatic carbocycles. The van der Waals surface area contributed by atoms with Gasteiger partial charge in [-0.2, -0.15) is 4.99 Å². The first-order chi connectivity index (χ1) is 8.60. The number of H-pyrrole nitrogens is 1. The number of hydrogen-bond donors (Lipinski definition) is 3. The molecule has 0 radical (unpaired) electrons. The van der Waals surface area contributed by atoms with Crippen LogP contribution in [-0.2, 0) is 0 Å². The number of nitrogens with two attached hydrogens (primary N) is 2. The standard InChI is InChI=1S/C10H15N7S/c1-3-17(2)9-13-4-6(14-9)7-5-18-10(15-7)16-8(11)12/h4-5H,3H2,1-2H3,(H,13,14)(H4,11,12,15,16). The number of aromatic amines is 1. The number of thiazole rings is 1. The second kappa shape index (κ2) is 5.05. The lowest BCUT2D eigenvalue weighted by Gasteiger charge is -2.11. The molecule has 7 nitrogen and oxygen atoms in total. The average molecular weight is 265 g/mol. The largest absolute Gasteiger partial charge is 0.370 e. The molecule has 5 N–H and O–H groups in total. The maximum absolute atomic E-state index is 5.30. The number of nitrogens with one attached hydrogen (secondary N) is 1. The summed E-state index contributed by atoms with van der Waals surface area (Å²) in [6.45, 7) is 2.94. The van der Waals surface area contributed by atoms with Crippen LogP contribution in [0, 0.1) is 0 Å². The van der Waals surface area contributed by atoms with Gasteiger partial charge in [0.25, 0.3) is 0 Å². The Bertz CT molecular complexity index is 552. The van der Waals surface area contributed by atoms with Gasteiger partial charge in [-0.1, -0.05) is 0 Å². The SMILES string of the molecule is CCN(C)c1ncc(-c2csc(N=C(N)N)n2)[nH]1. The van der Waals surface area contributed by atoms with E-state index in [-0.39, 0.29) is 5.96 Å². The van der Waals surface area contributed by atoms with E-state index in [1.54, 1.807) is 6.20 Å². The number of imidazole rings is 1. The summed E-state index contributed by atoms with van der Waals surface area (Å²) in [7, 11) is 1.97. The Morgan fingerprint density at radius 2 is 2.33 bits per heavy atom. The van der Waals surface area contributed by atoms with Gasteiger partial charge in [-0.15, -0.1) is 11.3 Å². The van der Waals surface area contributed by atoms with Crippen molar-refractivity contribution in [3.63, 3.8) is 0 Å². The highest BCUT2D eigenvalue weighted by molar-refractivity contribution is 7.13. The Morgan fingerprint density at radius 1 is 1.56 bits per heavy atom. The third-order valence-corrected chi connectivity index (χ3v) is 3.13. The van der Waals surface area contributed by atoms with E-state index in [1.807, 2.05) is 17.3 Å². The quantitative estimate of drug-likeness (QED) is 0.562. The molecule has 0 spiro atoms. The highest BCUT2D eigenvalue weighted by Gasteiger charge is 2.09. The predicted molar refractivity (Wildman–Crippen MR) is 74.1 cm³/mol. The molecular weight excluding hydrogens is 250 g/mol. The normalized spacial score (nSPS) is 10.3. The van der Waals surface area contributed by atoms with Crippen LogP contribution < -0.4 is 16.4 Å². The third-order valence-electron chi connectivity index (χ3n) is 2.39. The number of aromatic nitrogens is 3. The maximum Gasteiger partial charge on any atom is 0.212 e. The van der Waals surface area contributed by atoms with Gasteiger partial charge < -0.3 is 21.4 Å². The second-order valence-electron chi connectivity index (χ2n) is 3.69. The van der Waals surface area contributed by atoms with Gasteiger partial charge in [-0.3, -0.25) is 0 Å². The Labute approximate surface area is 109 Å². The molecule has 18 heavy (non-hydrogen) atoms. The lowest BCUT2D eigenvalue weighted by Crippen LogP contribution is -2.21. The van der Waals surface area contributed by atoms with Gasteiger partial charge in [-0.25, -0.2) is 9.97 Å². The number of guanidine groups is 1. The van der Waals surface area contributed by atoms with Crippen molar-refractivity contribution in [1.82, 2.24) is 15.0 Å². The first kappa shape index (κ1) is 12.4. The molecule has 2 aromatic rings. The molecule has 0 saturated carbocycles. The van der Waals surface area contributed by atoms with Gasteiger partial charge in [0.15, 0.2) is 5.96 Å². The smallest absolute Gasteiger partial charge is 0.212 e. The molecule has 0 fully saturated rings. The Hall–Kier alpha value is -2.09. The molecule has 96 valence electrons. The van der Waals surface area contributed by atoms with Crippen LogP contribution in [0.1, 0.15) is 6.92 Å². The number of nitrogens with zero attached hydrogens (tertiary/aromatic N) is 4. The molecule has 2 aromatic heterocycles. The van der Waals surface area contributed by atoms with Crippen LogP contribution >= 0.6 is 11.3 Å². The molecule has 0 aromatic carbocycles. The highest BCUT2D eigenvalue weighted by atomic mass is 32.1. The van der Waals surface area contributed by atoms with E-state index in [9.17, 15) is 0 Å². The molecule has 0 saturated heterocycles. The van der Waals surface area contributed by atoms with E-state index in [1.165, 1.54) is 11.3 Å². The minimum absolute atomic E-state index is 0.00640. The van der Waals surface area contributed by atoms with Crippen molar-refractivity contribution in [2.45, 2.75) is 6.92 Å². The first-order valence-corrected chi connectivity index (χ1v) is 6.29. The lowest BCUT2D eigenvalue weighted by atomic mass is 10.4. The topological polar surface area (TPSA) is 109 Å². The predicted octanol–water partition coefficient (Wildman–Crippen LogP) is 0.894. The van der Waals surface area contributed by atoms with Crippen molar-refractivity contribution in [2.75, 3.05) is 18.5 Å². The van der Waals surface area contributed by atoms with Gasteiger partial charge >= 0.3 is 0 Å². The minimum atomic E-state index is 0.00640. The fourth-order valence-electron chi connectivity index (χ4n) is 1.33. The van der Waals surface area contributed by atoms with Gasteiger partial charge in [0.2, 0.25) is 11.1 Å². The summed E-state index contributed by atoms with van der Waals surface area (Å²) < 4.78 is 0. The van der Waals surface area contributed by atoms with Crippen molar-refractivity contribution < 1.29 is 0 Å². The first-order valence-electron chi connectivity index (χ1n) is 5.41. The van der Waals surface area contributed by atoms with Gasteiger partial charge in [0.05, 0.1) is 11.9 Å². The Balaban J connectivity index is 2.24. The van der Waals surface area contributed by atoms with Gasteiger partial charge in [-0.05, 0) is 6.92 Å². The molecular formula is C10H15N7S. The molecule has 2 rings (SSSR count). The van der Waals surface area contributed by atoms with Crippen molar-refractivity contribution in [3.8, 4) is 11.4 Å². The fraction of sp³-hybridized carbons (Fsp3) is 0.300. The molecule has 8 heteroatoms. The summed E-state index contributed by atoms with van der Waals surface area (Å²) in [5, 5.41) is 2.41. The van der Waals surface area contributed by atoms with E-state index in [0.717, 1.165) is 23.9 Å². The van der Waals surface area contributed by atoms with Crippen molar-refractivity contribution in [1.29, 1.82) is 0 Å². The molecule has 0 aliphatic heterocycles. The van der Waals surface area contributed by atoms with Crippen molar-refractivity contribution in [2.24, 2.45) is 16.5 Å². The fourth-order valence-corrected chi connectivity index (χ4v) is 2.04. The summed E-state index contributed by atoms with van der Waals surface area (Å²) in [5.41, 5.74) is 12.2. The zero-order valence-corrected chi connectivity index (χ0v) is 11.0. The highest BCUT2D eigenvalue weighted by Crippen LogP contribution is 2.26. The molecule has 0 amide bonds. The van der Waals surface area contributed by atoms with E-state index >= 15 is 0 Å². The van der Waals surface area contributed by atoms with Crippen LogP contribution in [-0.4, -0.2) is 34.5 Å². The average Bonchev–Trinajstić information content (AvgIpc) is 2.95. The molecule has 2 heterocycles. The summed E-state index contributed by atoms with van der Waals surface area (Å²) >= 11 is 1.38. The minimum Gasteiger partial charge on any atom is -0.370 e. The molecule has 0 aliphatic rings. The summed E-state index contributed by atoms with van der Waals surface area (Å²) in [6, 6.07) is 0. The summed E-state index contributed by atoms with van der Waals surface area (Å²) in [4.78, 5) is 17.7. The van der Waals surface area contributed by atoms with Crippen LogP contribution in [0.3, 0.4) is 0 Å². The summed E-state index contributed by atoms with van der Waals surface area (Å²) in [6.07, 6.45) is 1.75. The zero-order valence-electron chi connectivity index (χ0n) is 10.2. The van der Waals surface area contributed by atoms with Crippen LogP contribution in [0.25, 0.3) is 11.4 Å². The Kier molecular flexibility index (Phi) is 3.47. The maximum atomic E-state index is 5.30. The second-order valence-corrected chi connectivity index (χ2v) is 4.52. The number of hydrogen-bond acceptors (Lipinski definition) is 5. The molecule has 0 bridgehead atoms. The van der Waals surface area contributed by atoms with E-state index in [2.05, 4.69) is 26.9 Å². The van der Waals surface area contributed by atoms with Crippen LogP contribution in [0.2, 0.25) is 0 Å². The van der Waals surface area contributed by atoms with E-state index in [4.69, 9.17) is 11.5 Å². The number of anilines is 1. The van der Waals surface area contributed by atoms with E-state index < -0.39 is 0 Å². The van der Waals surface area contributed by atoms with Crippen molar-refractivity contribution >= 4 is 28.4 Å². The molecule has 0 unspecified atom stereocenters. The summed E-state index contributed by atoms with van der Waals surface area (Å²) in [5.74, 6) is 0.816. The van der Waals surface area contributed by atoms with Crippen LogP contribution in [0.5, 0.6) is 0 Å². The lowest BCUT2D eigenvalue weighted by molar-refractivity contribution is 0.920. The monoisotopic (exact) mass is 265 g/mol. The van der Waals surface area contributed by atoms with Gasteiger partial charge in [0.1, 0.15) is 5.69 Å². The Morgan fingerprint density at radius 3 is 3.00 bits per heavy atom. The number of aliphatic imine (C=N–C) groups is 1. The van der Waals surface area contributed by atoms with E-state index in [0.29, 0.717) is 5.13 Å². The molecule has 0 atom stereocenters. The zero-order chi connectivity index (χ0) is 13.1. The van der Waals surface area contributed by atoms with Crippen molar-refractivity contribution in [3.05, 3.63) is 11.6 Å². The van der Waals surface area contributed by atoms with Crippen LogP contribution in [0.15, 0.2) is 16.6 Å². The van der Waals surface area contributed by atoms with Gasteiger partial charge in [0, 0.05) is 19.0 Å². The third kappa shape index (κ3) is 2.59. The number of rotatable bonds is 4.